The third-order valence-corrected chi connectivity index (χ3v) is 3.28. The zero-order valence-corrected chi connectivity index (χ0v) is 12.8. The van der Waals surface area contributed by atoms with E-state index in [1.165, 1.54) is 5.56 Å². The number of nitrogens with one attached hydrogen (secondary N) is 1. The summed E-state index contributed by atoms with van der Waals surface area (Å²) in [5.41, 5.74) is 1.92. The van der Waals surface area contributed by atoms with Gasteiger partial charge in [-0.15, -0.1) is 0 Å². The summed E-state index contributed by atoms with van der Waals surface area (Å²) in [7, 11) is 0. The molecule has 2 aromatic carbocycles. The maximum absolute atomic E-state index is 11.9. The van der Waals surface area contributed by atoms with Crippen LogP contribution >= 0.6 is 0 Å². The van der Waals surface area contributed by atoms with E-state index in [4.69, 9.17) is 4.74 Å². The number of ether oxygens (including phenoxy) is 1. The monoisotopic (exact) mass is 307 g/mol. The maximum Gasteiger partial charge on any atom is 0.244 e. The number of aryl methyl sites for hydroxylation is 1. The summed E-state index contributed by atoms with van der Waals surface area (Å²) < 4.78 is 7.47. The Kier molecular flexibility index (Phi) is 4.38. The third kappa shape index (κ3) is 4.20. The summed E-state index contributed by atoms with van der Waals surface area (Å²) in [5.74, 6) is 1.41. The minimum Gasteiger partial charge on any atom is -0.457 e. The number of benzene rings is 2. The lowest BCUT2D eigenvalue weighted by Crippen LogP contribution is -2.17. The minimum atomic E-state index is -0.102. The number of amides is 1. The number of imidazole rings is 1. The first-order chi connectivity index (χ1) is 11.2. The van der Waals surface area contributed by atoms with Crippen LogP contribution in [-0.4, -0.2) is 15.5 Å². The number of carbonyl (C=O) groups excluding carboxylic acids is 1. The molecule has 1 amide bonds. The Hall–Kier alpha value is -3.08. The maximum atomic E-state index is 11.9. The van der Waals surface area contributed by atoms with Gasteiger partial charge in [0, 0.05) is 18.1 Å². The Bertz CT molecular complexity index is 763. The van der Waals surface area contributed by atoms with Crippen LogP contribution in [0.1, 0.15) is 5.56 Å². The van der Waals surface area contributed by atoms with Crippen LogP contribution in [0.15, 0.2) is 67.3 Å². The molecular weight excluding hydrogens is 290 g/mol. The van der Waals surface area contributed by atoms with Gasteiger partial charge in [-0.3, -0.25) is 4.79 Å². The second-order valence-corrected chi connectivity index (χ2v) is 5.22. The molecule has 0 saturated carbocycles. The number of hydrogen-bond donors (Lipinski definition) is 1. The second kappa shape index (κ2) is 6.79. The van der Waals surface area contributed by atoms with E-state index in [1.807, 2.05) is 55.5 Å². The van der Waals surface area contributed by atoms with Crippen molar-refractivity contribution >= 4 is 11.6 Å². The van der Waals surface area contributed by atoms with Crippen molar-refractivity contribution in [3.05, 3.63) is 72.8 Å². The van der Waals surface area contributed by atoms with Crippen LogP contribution in [0.25, 0.3) is 0 Å². The number of rotatable bonds is 5. The minimum absolute atomic E-state index is 0.102. The van der Waals surface area contributed by atoms with Crippen molar-refractivity contribution in [3.63, 3.8) is 0 Å². The summed E-state index contributed by atoms with van der Waals surface area (Å²) >= 11 is 0. The second-order valence-electron chi connectivity index (χ2n) is 5.22. The van der Waals surface area contributed by atoms with Crippen molar-refractivity contribution in [2.45, 2.75) is 13.5 Å². The molecule has 1 heterocycles. The van der Waals surface area contributed by atoms with E-state index in [1.54, 1.807) is 23.3 Å². The van der Waals surface area contributed by atoms with Crippen molar-refractivity contribution in [2.24, 2.45) is 0 Å². The van der Waals surface area contributed by atoms with Crippen molar-refractivity contribution in [1.29, 1.82) is 0 Å². The van der Waals surface area contributed by atoms with Crippen molar-refractivity contribution in [1.82, 2.24) is 9.55 Å². The largest absolute Gasteiger partial charge is 0.457 e. The van der Waals surface area contributed by atoms with Gasteiger partial charge in [0.05, 0.1) is 6.33 Å². The van der Waals surface area contributed by atoms with Gasteiger partial charge in [-0.05, 0) is 43.3 Å². The lowest BCUT2D eigenvalue weighted by molar-refractivity contribution is -0.116. The van der Waals surface area contributed by atoms with Gasteiger partial charge in [0.1, 0.15) is 18.0 Å². The molecular formula is C18H17N3O2. The van der Waals surface area contributed by atoms with Gasteiger partial charge in [0.2, 0.25) is 5.91 Å². The fourth-order valence-electron chi connectivity index (χ4n) is 2.10. The van der Waals surface area contributed by atoms with Gasteiger partial charge in [0.25, 0.3) is 0 Å². The molecule has 5 nitrogen and oxygen atoms in total. The standard InChI is InChI=1S/C18H17N3O2/c1-14-2-6-16(7-3-14)23-17-8-4-15(5-9-17)20-18(22)12-21-11-10-19-13-21/h2-11,13H,12H2,1H3,(H,20,22). The molecule has 3 aromatic rings. The molecule has 0 bridgehead atoms. The van der Waals surface area contributed by atoms with Crippen molar-refractivity contribution in [3.8, 4) is 11.5 Å². The van der Waals surface area contributed by atoms with E-state index in [0.29, 0.717) is 0 Å². The van der Waals surface area contributed by atoms with Gasteiger partial charge in [-0.2, -0.15) is 0 Å². The molecule has 0 spiro atoms. The highest BCUT2D eigenvalue weighted by Gasteiger charge is 2.04. The topological polar surface area (TPSA) is 56.1 Å². The van der Waals surface area contributed by atoms with Crippen molar-refractivity contribution < 1.29 is 9.53 Å². The predicted octanol–water partition coefficient (Wildman–Crippen LogP) is 3.62. The Labute approximate surface area is 134 Å². The van der Waals surface area contributed by atoms with Crippen LogP contribution in [0.2, 0.25) is 0 Å². The Morgan fingerprint density at radius 3 is 2.35 bits per heavy atom. The van der Waals surface area contributed by atoms with Crippen LogP contribution < -0.4 is 10.1 Å². The summed E-state index contributed by atoms with van der Waals surface area (Å²) in [6.45, 7) is 2.27. The molecule has 0 aliphatic heterocycles. The fourth-order valence-corrected chi connectivity index (χ4v) is 2.10. The first-order valence-corrected chi connectivity index (χ1v) is 7.29. The average Bonchev–Trinajstić information content (AvgIpc) is 3.04. The number of anilines is 1. The summed E-state index contributed by atoms with van der Waals surface area (Å²) in [6, 6.07) is 15.1. The number of nitrogens with zero attached hydrogens (tertiary/aromatic N) is 2. The Morgan fingerprint density at radius 1 is 1.09 bits per heavy atom. The highest BCUT2D eigenvalue weighted by molar-refractivity contribution is 5.90. The molecule has 3 rings (SSSR count). The fraction of sp³-hybridized carbons (Fsp3) is 0.111. The van der Waals surface area contributed by atoms with E-state index in [9.17, 15) is 4.79 Å². The summed E-state index contributed by atoms with van der Waals surface area (Å²) in [6.07, 6.45) is 5.00. The van der Waals surface area contributed by atoms with Gasteiger partial charge < -0.3 is 14.6 Å². The predicted molar refractivity (Wildman–Crippen MR) is 88.6 cm³/mol. The van der Waals surface area contributed by atoms with E-state index >= 15 is 0 Å². The zero-order chi connectivity index (χ0) is 16.1. The van der Waals surface area contributed by atoms with Crippen LogP contribution in [-0.2, 0) is 11.3 Å². The lowest BCUT2D eigenvalue weighted by Gasteiger charge is -2.08. The molecule has 0 saturated heterocycles. The van der Waals surface area contributed by atoms with Gasteiger partial charge >= 0.3 is 0 Å². The molecule has 116 valence electrons. The third-order valence-electron chi connectivity index (χ3n) is 3.28. The van der Waals surface area contributed by atoms with Crippen LogP contribution in [0.4, 0.5) is 5.69 Å². The Balaban J connectivity index is 1.58. The molecule has 0 aliphatic carbocycles. The van der Waals surface area contributed by atoms with Gasteiger partial charge in [-0.25, -0.2) is 4.98 Å². The quantitative estimate of drug-likeness (QED) is 0.783. The molecule has 0 aliphatic rings. The summed E-state index contributed by atoms with van der Waals surface area (Å²) in [4.78, 5) is 15.8. The van der Waals surface area contributed by atoms with E-state index < -0.39 is 0 Å². The molecule has 0 unspecified atom stereocenters. The molecule has 23 heavy (non-hydrogen) atoms. The highest BCUT2D eigenvalue weighted by Crippen LogP contribution is 2.23. The first kappa shape index (κ1) is 14.8. The van der Waals surface area contributed by atoms with E-state index in [0.717, 1.165) is 17.2 Å². The van der Waals surface area contributed by atoms with E-state index in [-0.39, 0.29) is 12.5 Å². The molecule has 0 fully saturated rings. The zero-order valence-electron chi connectivity index (χ0n) is 12.8. The van der Waals surface area contributed by atoms with Gasteiger partial charge in [0.15, 0.2) is 0 Å². The molecule has 0 atom stereocenters. The Morgan fingerprint density at radius 2 is 1.74 bits per heavy atom. The average molecular weight is 307 g/mol. The molecule has 1 N–H and O–H groups in total. The number of aromatic nitrogens is 2. The summed E-state index contributed by atoms with van der Waals surface area (Å²) in [5, 5.41) is 2.84. The van der Waals surface area contributed by atoms with Crippen LogP contribution in [0.3, 0.4) is 0 Å². The van der Waals surface area contributed by atoms with Crippen molar-refractivity contribution in [2.75, 3.05) is 5.32 Å². The highest BCUT2D eigenvalue weighted by atomic mass is 16.5. The molecule has 5 heteroatoms. The molecule has 0 radical (unpaired) electrons. The van der Waals surface area contributed by atoms with E-state index in [2.05, 4.69) is 10.3 Å². The lowest BCUT2D eigenvalue weighted by atomic mass is 10.2. The van der Waals surface area contributed by atoms with Gasteiger partial charge in [-0.1, -0.05) is 17.7 Å². The first-order valence-electron chi connectivity index (χ1n) is 7.29. The molecule has 1 aromatic heterocycles. The smallest absolute Gasteiger partial charge is 0.244 e. The number of hydrogen-bond acceptors (Lipinski definition) is 3. The van der Waals surface area contributed by atoms with Crippen LogP contribution in [0, 0.1) is 6.92 Å². The SMILES string of the molecule is Cc1ccc(Oc2ccc(NC(=O)Cn3ccnc3)cc2)cc1. The number of carbonyl (C=O) groups is 1. The van der Waals surface area contributed by atoms with Crippen LogP contribution in [0.5, 0.6) is 11.5 Å². The normalized spacial score (nSPS) is 10.3.